The Morgan fingerprint density at radius 3 is 2.91 bits per heavy atom. The van der Waals surface area contributed by atoms with Crippen LogP contribution in [0.4, 0.5) is 5.69 Å². The lowest BCUT2D eigenvalue weighted by atomic mass is 9.90. The first-order valence-electron chi connectivity index (χ1n) is 7.58. The second kappa shape index (κ2) is 6.58. The number of hydrogen-bond donors (Lipinski definition) is 1. The molecule has 0 aliphatic heterocycles. The van der Waals surface area contributed by atoms with Gasteiger partial charge < -0.3 is 14.8 Å². The van der Waals surface area contributed by atoms with Gasteiger partial charge in [-0.05, 0) is 38.3 Å². The third-order valence-electron chi connectivity index (χ3n) is 4.08. The Morgan fingerprint density at radius 2 is 2.17 bits per heavy atom. The molecule has 6 heteroatoms. The number of aryl methyl sites for hydroxylation is 2. The van der Waals surface area contributed by atoms with Crippen LogP contribution in [0.15, 0.2) is 18.2 Å². The zero-order valence-corrected chi connectivity index (χ0v) is 14.3. The number of amides is 1. The van der Waals surface area contributed by atoms with E-state index in [1.807, 2.05) is 13.0 Å². The highest BCUT2D eigenvalue weighted by Gasteiger charge is 2.27. The molecule has 0 bridgehead atoms. The van der Waals surface area contributed by atoms with Crippen LogP contribution in [0, 0.1) is 12.8 Å². The quantitative estimate of drug-likeness (QED) is 0.934. The molecular formula is C17H20N2O3S. The van der Waals surface area contributed by atoms with Crippen LogP contribution in [0.25, 0.3) is 0 Å². The molecule has 0 fully saturated rings. The van der Waals surface area contributed by atoms with E-state index in [9.17, 15) is 4.79 Å². The van der Waals surface area contributed by atoms with Gasteiger partial charge in [0.2, 0.25) is 5.91 Å². The van der Waals surface area contributed by atoms with E-state index in [-0.39, 0.29) is 11.8 Å². The molecule has 1 N–H and O–H groups in total. The lowest BCUT2D eigenvalue weighted by Gasteiger charge is -2.21. The molecule has 0 spiro atoms. The van der Waals surface area contributed by atoms with Crippen molar-refractivity contribution in [2.75, 3.05) is 19.5 Å². The van der Waals surface area contributed by atoms with E-state index < -0.39 is 0 Å². The van der Waals surface area contributed by atoms with Crippen LogP contribution in [-0.2, 0) is 17.6 Å². The largest absolute Gasteiger partial charge is 0.497 e. The minimum Gasteiger partial charge on any atom is -0.497 e. The lowest BCUT2D eigenvalue weighted by molar-refractivity contribution is -0.120. The minimum absolute atomic E-state index is 0.0193. The predicted octanol–water partition coefficient (Wildman–Crippen LogP) is 3.21. The van der Waals surface area contributed by atoms with Crippen molar-refractivity contribution in [2.24, 2.45) is 5.92 Å². The smallest absolute Gasteiger partial charge is 0.227 e. The molecule has 5 nitrogen and oxygen atoms in total. The first kappa shape index (κ1) is 15.8. The second-order valence-corrected chi connectivity index (χ2v) is 6.89. The van der Waals surface area contributed by atoms with Crippen LogP contribution in [0.1, 0.15) is 22.0 Å². The fraction of sp³-hybridized carbons (Fsp3) is 0.412. The van der Waals surface area contributed by atoms with Crippen molar-refractivity contribution < 1.29 is 14.3 Å². The van der Waals surface area contributed by atoms with Gasteiger partial charge in [-0.3, -0.25) is 4.79 Å². The Labute approximate surface area is 139 Å². The maximum Gasteiger partial charge on any atom is 0.227 e. The topological polar surface area (TPSA) is 60.5 Å². The van der Waals surface area contributed by atoms with Crippen LogP contribution in [0.3, 0.4) is 0 Å². The molecule has 1 atom stereocenters. The number of rotatable bonds is 4. The van der Waals surface area contributed by atoms with Gasteiger partial charge in [-0.1, -0.05) is 0 Å². The number of fused-ring (bicyclic) bond motifs is 1. The maximum atomic E-state index is 12.6. The van der Waals surface area contributed by atoms with E-state index in [0.717, 1.165) is 24.3 Å². The Bertz CT molecular complexity index is 727. The Hall–Kier alpha value is -2.08. The number of anilines is 1. The van der Waals surface area contributed by atoms with E-state index in [4.69, 9.17) is 9.47 Å². The third kappa shape index (κ3) is 3.32. The number of nitrogens with one attached hydrogen (secondary N) is 1. The van der Waals surface area contributed by atoms with Crippen molar-refractivity contribution in [3.63, 3.8) is 0 Å². The van der Waals surface area contributed by atoms with Gasteiger partial charge in [0.1, 0.15) is 11.5 Å². The summed E-state index contributed by atoms with van der Waals surface area (Å²) in [7, 11) is 3.18. The fourth-order valence-corrected chi connectivity index (χ4v) is 3.93. The summed E-state index contributed by atoms with van der Waals surface area (Å²) in [6.45, 7) is 2.01. The molecule has 2 aromatic rings. The summed E-state index contributed by atoms with van der Waals surface area (Å²) in [5.41, 5.74) is 1.84. The average Bonchev–Trinajstić information content (AvgIpc) is 2.94. The maximum absolute atomic E-state index is 12.6. The van der Waals surface area contributed by atoms with Crippen LogP contribution in [0.2, 0.25) is 0 Å². The number of hydrogen-bond acceptors (Lipinski definition) is 5. The summed E-state index contributed by atoms with van der Waals surface area (Å²) in [6.07, 6.45) is 2.48. The summed E-state index contributed by atoms with van der Waals surface area (Å²) in [6, 6.07) is 5.38. The van der Waals surface area contributed by atoms with Crippen molar-refractivity contribution in [1.29, 1.82) is 0 Å². The number of thiazole rings is 1. The van der Waals surface area contributed by atoms with Gasteiger partial charge in [0.25, 0.3) is 0 Å². The SMILES string of the molecule is COc1ccc(NC(=O)C2CCc3nc(C)sc3C2)c(OC)c1. The molecular weight excluding hydrogens is 312 g/mol. The minimum atomic E-state index is -0.0193. The summed E-state index contributed by atoms with van der Waals surface area (Å²) in [5, 5.41) is 4.06. The summed E-state index contributed by atoms with van der Waals surface area (Å²) >= 11 is 1.70. The number of carbonyl (C=O) groups is 1. The molecule has 122 valence electrons. The van der Waals surface area contributed by atoms with Crippen molar-refractivity contribution in [2.45, 2.75) is 26.2 Å². The van der Waals surface area contributed by atoms with E-state index in [1.54, 1.807) is 37.7 Å². The van der Waals surface area contributed by atoms with E-state index in [2.05, 4.69) is 10.3 Å². The number of ether oxygens (including phenoxy) is 2. The van der Waals surface area contributed by atoms with Gasteiger partial charge >= 0.3 is 0 Å². The Morgan fingerprint density at radius 1 is 1.35 bits per heavy atom. The molecule has 0 saturated carbocycles. The van der Waals surface area contributed by atoms with Crippen molar-refractivity contribution in [3.05, 3.63) is 33.8 Å². The molecule has 0 radical (unpaired) electrons. The third-order valence-corrected chi connectivity index (χ3v) is 5.12. The van der Waals surface area contributed by atoms with Crippen LogP contribution in [0.5, 0.6) is 11.5 Å². The van der Waals surface area contributed by atoms with Crippen molar-refractivity contribution in [3.8, 4) is 11.5 Å². The highest BCUT2D eigenvalue weighted by Crippen LogP contribution is 2.33. The van der Waals surface area contributed by atoms with Gasteiger partial charge in [0, 0.05) is 16.9 Å². The number of benzene rings is 1. The zero-order chi connectivity index (χ0) is 16.4. The lowest BCUT2D eigenvalue weighted by Crippen LogP contribution is -2.27. The molecule has 1 amide bonds. The first-order chi connectivity index (χ1) is 11.1. The predicted molar refractivity (Wildman–Crippen MR) is 90.5 cm³/mol. The number of nitrogens with zero attached hydrogens (tertiary/aromatic N) is 1. The fourth-order valence-electron chi connectivity index (χ4n) is 2.86. The molecule has 0 saturated heterocycles. The molecule has 3 rings (SSSR count). The molecule has 23 heavy (non-hydrogen) atoms. The normalized spacial score (nSPS) is 16.6. The van der Waals surface area contributed by atoms with Gasteiger partial charge in [-0.2, -0.15) is 0 Å². The monoisotopic (exact) mass is 332 g/mol. The first-order valence-corrected chi connectivity index (χ1v) is 8.40. The number of carbonyl (C=O) groups excluding carboxylic acids is 1. The average molecular weight is 332 g/mol. The van der Waals surface area contributed by atoms with Crippen molar-refractivity contribution in [1.82, 2.24) is 4.98 Å². The number of methoxy groups -OCH3 is 2. The summed E-state index contributed by atoms with van der Waals surface area (Å²) in [4.78, 5) is 18.4. The Balaban J connectivity index is 1.72. The van der Waals surface area contributed by atoms with Crippen LogP contribution in [-0.4, -0.2) is 25.1 Å². The molecule has 1 aromatic carbocycles. The van der Waals surface area contributed by atoms with Gasteiger partial charge in [-0.15, -0.1) is 11.3 Å². The standard InChI is InChI=1S/C17H20N2O3S/c1-10-18-14-6-4-11(8-16(14)23-10)17(20)19-13-7-5-12(21-2)9-15(13)22-3/h5,7,9,11H,4,6,8H2,1-3H3,(H,19,20). The van der Waals surface area contributed by atoms with E-state index in [0.29, 0.717) is 17.2 Å². The van der Waals surface area contributed by atoms with E-state index in [1.165, 1.54) is 10.6 Å². The molecule has 1 heterocycles. The van der Waals surface area contributed by atoms with Gasteiger partial charge in [0.05, 0.1) is 30.6 Å². The highest BCUT2D eigenvalue weighted by atomic mass is 32.1. The molecule has 1 aromatic heterocycles. The van der Waals surface area contributed by atoms with Gasteiger partial charge in [0.15, 0.2) is 0 Å². The molecule has 1 aliphatic carbocycles. The van der Waals surface area contributed by atoms with E-state index >= 15 is 0 Å². The zero-order valence-electron chi connectivity index (χ0n) is 13.5. The van der Waals surface area contributed by atoms with Crippen LogP contribution >= 0.6 is 11.3 Å². The molecule has 1 aliphatic rings. The Kier molecular flexibility index (Phi) is 4.52. The molecule has 1 unspecified atom stereocenters. The number of aromatic nitrogens is 1. The highest BCUT2D eigenvalue weighted by molar-refractivity contribution is 7.11. The summed E-state index contributed by atoms with van der Waals surface area (Å²) < 4.78 is 10.5. The van der Waals surface area contributed by atoms with Gasteiger partial charge in [-0.25, -0.2) is 4.98 Å². The van der Waals surface area contributed by atoms with Crippen molar-refractivity contribution >= 4 is 22.9 Å². The summed E-state index contributed by atoms with van der Waals surface area (Å²) in [5.74, 6) is 1.31. The second-order valence-electron chi connectivity index (χ2n) is 5.60. The van der Waals surface area contributed by atoms with Crippen LogP contribution < -0.4 is 14.8 Å².